The lowest BCUT2D eigenvalue weighted by molar-refractivity contribution is -0.146. The van der Waals surface area contributed by atoms with Crippen molar-refractivity contribution < 1.29 is 14.7 Å². The van der Waals surface area contributed by atoms with Crippen LogP contribution in [0, 0.1) is 11.3 Å². The summed E-state index contributed by atoms with van der Waals surface area (Å²) in [6.45, 7) is 7.45. The largest absolute Gasteiger partial charge is 0.480 e. The topological polar surface area (TPSA) is 92.4 Å². The first kappa shape index (κ1) is 16.0. The van der Waals surface area contributed by atoms with E-state index in [0.717, 1.165) is 12.8 Å². The molecule has 1 aliphatic rings. The molecule has 110 valence electrons. The maximum atomic E-state index is 12.3. The SMILES string of the molecule is CC1CCCC(N)(C(=O)N[C@H](C(=O)O)C(C)(C)C)C1. The average molecular weight is 270 g/mol. The Labute approximate surface area is 114 Å². The minimum absolute atomic E-state index is 0.332. The lowest BCUT2D eigenvalue weighted by Gasteiger charge is -2.37. The maximum Gasteiger partial charge on any atom is 0.326 e. The van der Waals surface area contributed by atoms with Gasteiger partial charge in [0.1, 0.15) is 6.04 Å². The zero-order valence-corrected chi connectivity index (χ0v) is 12.3. The molecule has 5 heteroatoms. The van der Waals surface area contributed by atoms with E-state index in [4.69, 9.17) is 5.73 Å². The van der Waals surface area contributed by atoms with Crippen LogP contribution < -0.4 is 11.1 Å². The van der Waals surface area contributed by atoms with E-state index in [9.17, 15) is 14.7 Å². The van der Waals surface area contributed by atoms with Gasteiger partial charge in [0.2, 0.25) is 5.91 Å². The summed E-state index contributed by atoms with van der Waals surface area (Å²) < 4.78 is 0. The number of carboxylic acids is 1. The highest BCUT2D eigenvalue weighted by Crippen LogP contribution is 2.31. The lowest BCUT2D eigenvalue weighted by Crippen LogP contribution is -2.61. The first-order valence-electron chi connectivity index (χ1n) is 6.89. The third-order valence-electron chi connectivity index (χ3n) is 3.87. The highest BCUT2D eigenvalue weighted by molar-refractivity contribution is 5.90. The molecule has 1 aliphatic carbocycles. The Hall–Kier alpha value is -1.10. The van der Waals surface area contributed by atoms with Crippen molar-refractivity contribution in [1.29, 1.82) is 0 Å². The van der Waals surface area contributed by atoms with Crippen LogP contribution in [0.15, 0.2) is 0 Å². The van der Waals surface area contributed by atoms with Gasteiger partial charge in [-0.1, -0.05) is 40.5 Å². The molecule has 1 amide bonds. The smallest absolute Gasteiger partial charge is 0.326 e. The Bertz CT molecular complexity index is 362. The molecule has 1 saturated carbocycles. The molecule has 4 N–H and O–H groups in total. The van der Waals surface area contributed by atoms with Gasteiger partial charge in [0.05, 0.1) is 5.54 Å². The molecule has 1 fully saturated rings. The highest BCUT2D eigenvalue weighted by atomic mass is 16.4. The van der Waals surface area contributed by atoms with Crippen molar-refractivity contribution in [3.05, 3.63) is 0 Å². The molecule has 0 bridgehead atoms. The van der Waals surface area contributed by atoms with Crippen molar-refractivity contribution in [3.63, 3.8) is 0 Å². The van der Waals surface area contributed by atoms with Gasteiger partial charge >= 0.3 is 5.97 Å². The van der Waals surface area contributed by atoms with E-state index in [-0.39, 0.29) is 5.91 Å². The standard InChI is InChI=1S/C14H26N2O3/c1-9-6-5-7-14(15,8-9)12(19)16-10(11(17)18)13(2,3)4/h9-10H,5-8,15H2,1-4H3,(H,16,19)(H,17,18)/t9?,10-,14?/m1/s1. The van der Waals surface area contributed by atoms with Gasteiger partial charge in [0, 0.05) is 0 Å². The predicted octanol–water partition coefficient (Wildman–Crippen LogP) is 1.51. The number of hydrogen-bond acceptors (Lipinski definition) is 3. The Morgan fingerprint density at radius 3 is 2.42 bits per heavy atom. The van der Waals surface area contributed by atoms with Crippen LogP contribution >= 0.6 is 0 Å². The van der Waals surface area contributed by atoms with Crippen LogP contribution in [-0.4, -0.2) is 28.6 Å². The van der Waals surface area contributed by atoms with Gasteiger partial charge in [-0.2, -0.15) is 0 Å². The Kier molecular flexibility index (Phi) is 4.61. The fourth-order valence-corrected chi connectivity index (χ4v) is 2.72. The van der Waals surface area contributed by atoms with Crippen LogP contribution in [0.25, 0.3) is 0 Å². The van der Waals surface area contributed by atoms with E-state index in [1.54, 1.807) is 20.8 Å². The van der Waals surface area contributed by atoms with Crippen LogP contribution in [-0.2, 0) is 9.59 Å². The van der Waals surface area contributed by atoms with Gasteiger partial charge < -0.3 is 16.2 Å². The number of carbonyl (C=O) groups is 2. The Morgan fingerprint density at radius 1 is 1.42 bits per heavy atom. The third-order valence-corrected chi connectivity index (χ3v) is 3.87. The molecule has 0 aromatic carbocycles. The summed E-state index contributed by atoms with van der Waals surface area (Å²) >= 11 is 0. The third kappa shape index (κ3) is 3.93. The van der Waals surface area contributed by atoms with E-state index >= 15 is 0 Å². The number of aliphatic carboxylic acids is 1. The van der Waals surface area contributed by atoms with Crippen LogP contribution in [0.3, 0.4) is 0 Å². The number of nitrogens with two attached hydrogens (primary N) is 1. The molecule has 3 atom stereocenters. The number of nitrogens with one attached hydrogen (secondary N) is 1. The van der Waals surface area contributed by atoms with Crippen molar-refractivity contribution >= 4 is 11.9 Å². The molecular formula is C14H26N2O3. The van der Waals surface area contributed by atoms with E-state index in [0.29, 0.717) is 18.8 Å². The lowest BCUT2D eigenvalue weighted by atomic mass is 9.76. The van der Waals surface area contributed by atoms with Crippen LogP contribution in [0.4, 0.5) is 0 Å². The van der Waals surface area contributed by atoms with Gasteiger partial charge in [0.15, 0.2) is 0 Å². The summed E-state index contributed by atoms with van der Waals surface area (Å²) in [5, 5.41) is 11.9. The number of carboxylic acid groups (broad SMARTS) is 1. The second kappa shape index (κ2) is 5.49. The molecule has 0 heterocycles. The van der Waals surface area contributed by atoms with Crippen LogP contribution in [0.5, 0.6) is 0 Å². The first-order valence-corrected chi connectivity index (χ1v) is 6.89. The fourth-order valence-electron chi connectivity index (χ4n) is 2.72. The fraction of sp³-hybridized carbons (Fsp3) is 0.857. The maximum absolute atomic E-state index is 12.3. The summed E-state index contributed by atoms with van der Waals surface area (Å²) in [4.78, 5) is 23.6. The molecule has 0 saturated heterocycles. The minimum Gasteiger partial charge on any atom is -0.480 e. The van der Waals surface area contributed by atoms with Gasteiger partial charge in [-0.05, 0) is 24.2 Å². The molecule has 0 aliphatic heterocycles. The average Bonchev–Trinajstić information content (AvgIpc) is 2.22. The van der Waals surface area contributed by atoms with Crippen molar-refractivity contribution in [2.45, 2.75) is 65.0 Å². The summed E-state index contributed by atoms with van der Waals surface area (Å²) in [7, 11) is 0. The van der Waals surface area contributed by atoms with Gasteiger partial charge in [-0.3, -0.25) is 4.79 Å². The van der Waals surface area contributed by atoms with E-state index in [1.807, 2.05) is 0 Å². The predicted molar refractivity (Wildman–Crippen MR) is 73.6 cm³/mol. The molecule has 2 unspecified atom stereocenters. The van der Waals surface area contributed by atoms with E-state index in [2.05, 4.69) is 12.2 Å². The second-order valence-electron chi connectivity index (χ2n) is 6.97. The van der Waals surface area contributed by atoms with Gasteiger partial charge in [-0.25, -0.2) is 4.79 Å². The van der Waals surface area contributed by atoms with Gasteiger partial charge in [-0.15, -0.1) is 0 Å². The highest BCUT2D eigenvalue weighted by Gasteiger charge is 2.41. The summed E-state index contributed by atoms with van der Waals surface area (Å²) in [6, 6.07) is -0.919. The summed E-state index contributed by atoms with van der Waals surface area (Å²) in [5.41, 5.74) is 4.72. The number of hydrogen-bond donors (Lipinski definition) is 3. The molecule has 1 rings (SSSR count). The molecular weight excluding hydrogens is 244 g/mol. The Balaban J connectivity index is 2.80. The first-order chi connectivity index (χ1) is 8.56. The van der Waals surface area contributed by atoms with Crippen LogP contribution in [0.1, 0.15) is 53.4 Å². The van der Waals surface area contributed by atoms with Gasteiger partial charge in [0.25, 0.3) is 0 Å². The minimum atomic E-state index is -1.02. The summed E-state index contributed by atoms with van der Waals surface area (Å²) in [5.74, 6) is -0.947. The number of rotatable bonds is 3. The quantitative estimate of drug-likeness (QED) is 0.724. The zero-order valence-electron chi connectivity index (χ0n) is 12.3. The van der Waals surface area contributed by atoms with Crippen molar-refractivity contribution in [1.82, 2.24) is 5.32 Å². The second-order valence-corrected chi connectivity index (χ2v) is 6.97. The molecule has 0 aromatic heterocycles. The zero-order chi connectivity index (χ0) is 14.8. The Morgan fingerprint density at radius 2 is 2.00 bits per heavy atom. The monoisotopic (exact) mass is 270 g/mol. The summed E-state index contributed by atoms with van der Waals surface area (Å²) in [6.07, 6.45) is 3.24. The molecule has 19 heavy (non-hydrogen) atoms. The van der Waals surface area contributed by atoms with Crippen LogP contribution in [0.2, 0.25) is 0 Å². The van der Waals surface area contributed by atoms with E-state index in [1.165, 1.54) is 0 Å². The normalized spacial score (nSPS) is 29.6. The van der Waals surface area contributed by atoms with Crippen molar-refractivity contribution in [3.8, 4) is 0 Å². The van der Waals surface area contributed by atoms with E-state index < -0.39 is 23.0 Å². The molecule has 0 aromatic rings. The number of carbonyl (C=O) groups excluding carboxylic acids is 1. The molecule has 0 spiro atoms. The number of amides is 1. The van der Waals surface area contributed by atoms with Crippen molar-refractivity contribution in [2.24, 2.45) is 17.1 Å². The molecule has 0 radical (unpaired) electrons. The molecule has 5 nitrogen and oxygen atoms in total. The van der Waals surface area contributed by atoms with Crippen molar-refractivity contribution in [2.75, 3.05) is 0 Å².